The van der Waals surface area contributed by atoms with E-state index in [2.05, 4.69) is 38.9 Å². The first-order chi connectivity index (χ1) is 26.3. The highest BCUT2D eigenvalue weighted by atomic mass is 35.5. The maximum absolute atomic E-state index is 12.9. The van der Waals surface area contributed by atoms with Crippen LogP contribution in [-0.2, 0) is 13.0 Å². The molecule has 16 nitrogen and oxygen atoms in total. The molecule has 2 amide bonds. The number of ether oxygens (including phenoxy) is 1. The van der Waals surface area contributed by atoms with Gasteiger partial charge in [0.1, 0.15) is 24.1 Å². The minimum atomic E-state index is -1.71. The average molecular weight is 789 g/mol. The van der Waals surface area contributed by atoms with Crippen molar-refractivity contribution < 1.29 is 39.9 Å². The average Bonchev–Trinajstić information content (AvgIpc) is 3.17. The zero-order chi connectivity index (χ0) is 40.3. The molecule has 0 aliphatic heterocycles. The van der Waals surface area contributed by atoms with Crippen molar-refractivity contribution in [2.45, 2.75) is 76.9 Å². The molecule has 3 rings (SSSR count). The molecule has 0 aliphatic carbocycles. The van der Waals surface area contributed by atoms with Gasteiger partial charge in [-0.1, -0.05) is 74.2 Å². The number of benzene rings is 2. The molecule has 304 valence electrons. The van der Waals surface area contributed by atoms with Gasteiger partial charge in [0, 0.05) is 39.3 Å². The number of aliphatic hydroxyl groups is 5. The Morgan fingerprint density at radius 2 is 1.60 bits per heavy atom. The highest BCUT2D eigenvalue weighted by Crippen LogP contribution is 2.18. The molecule has 1 heterocycles. The van der Waals surface area contributed by atoms with Crippen LogP contribution in [0.15, 0.2) is 48.5 Å². The number of amides is 2. The number of aliphatic hydroxyl groups excluding tert-OH is 5. The molecule has 1 unspecified atom stereocenters. The number of rotatable bonds is 24. The fourth-order valence-corrected chi connectivity index (χ4v) is 5.97. The summed E-state index contributed by atoms with van der Waals surface area (Å²) in [6, 6.07) is 15.1. The van der Waals surface area contributed by atoms with E-state index in [4.69, 9.17) is 32.9 Å². The van der Waals surface area contributed by atoms with E-state index in [-0.39, 0.29) is 41.5 Å². The molecular weight excluding hydrogens is 732 g/mol. The number of aryl methyl sites for hydroxylation is 1. The van der Waals surface area contributed by atoms with Crippen molar-refractivity contribution in [3.63, 3.8) is 0 Å². The molecule has 2 aromatic carbocycles. The first-order valence-corrected chi connectivity index (χ1v) is 18.9. The van der Waals surface area contributed by atoms with Crippen LogP contribution in [-0.4, -0.2) is 123 Å². The van der Waals surface area contributed by atoms with E-state index < -0.39 is 43.0 Å². The number of hydrogen-bond acceptors (Lipinski definition) is 14. The zero-order valence-corrected chi connectivity index (χ0v) is 32.3. The highest BCUT2D eigenvalue weighted by Gasteiger charge is 2.31. The van der Waals surface area contributed by atoms with Gasteiger partial charge < -0.3 is 57.7 Å². The third kappa shape index (κ3) is 15.5. The summed E-state index contributed by atoms with van der Waals surface area (Å²) in [6.07, 6.45) is -2.42. The lowest BCUT2D eigenvalue weighted by molar-refractivity contribution is -0.119. The van der Waals surface area contributed by atoms with E-state index in [0.29, 0.717) is 44.9 Å². The lowest BCUT2D eigenvalue weighted by Gasteiger charge is -2.30. The van der Waals surface area contributed by atoms with Crippen molar-refractivity contribution in [1.82, 2.24) is 30.8 Å². The molecule has 1 aromatic heterocycles. The number of hydrogen-bond donors (Lipinski definition) is 10. The second-order valence-electron chi connectivity index (χ2n) is 13.6. The van der Waals surface area contributed by atoms with E-state index in [1.807, 2.05) is 42.2 Å². The van der Waals surface area contributed by atoms with Crippen LogP contribution in [0, 0.1) is 12.8 Å². The van der Waals surface area contributed by atoms with Gasteiger partial charge in [-0.05, 0) is 61.1 Å². The van der Waals surface area contributed by atoms with Crippen LogP contribution >= 0.6 is 11.6 Å². The van der Waals surface area contributed by atoms with E-state index in [1.165, 1.54) is 0 Å². The van der Waals surface area contributed by atoms with Gasteiger partial charge in [0.25, 0.3) is 5.91 Å². The SMILES string of the molecule is CCCCCCN(CCNC(=O)Oc1ccc(CNCC(CNC(=O)c2nc(Cl)c(N)nc2N)Cc2ccccc2C)cc1)C[C@H](O)[C@@H](O)[C@H](O)[C@H](O)CO. The fourth-order valence-electron chi connectivity index (χ4n) is 5.84. The summed E-state index contributed by atoms with van der Waals surface area (Å²) >= 11 is 5.97. The second-order valence-corrected chi connectivity index (χ2v) is 13.9. The van der Waals surface area contributed by atoms with Gasteiger partial charge in [-0.3, -0.25) is 9.69 Å². The summed E-state index contributed by atoms with van der Waals surface area (Å²) in [7, 11) is 0. The molecule has 0 bridgehead atoms. The van der Waals surface area contributed by atoms with Crippen molar-refractivity contribution in [3.05, 3.63) is 76.1 Å². The maximum Gasteiger partial charge on any atom is 0.412 e. The van der Waals surface area contributed by atoms with Gasteiger partial charge in [-0.2, -0.15) is 0 Å². The first kappa shape index (κ1) is 45.3. The van der Waals surface area contributed by atoms with Gasteiger partial charge in [-0.15, -0.1) is 0 Å². The van der Waals surface area contributed by atoms with Crippen LogP contribution in [0.25, 0.3) is 0 Å². The number of nitrogens with zero attached hydrogens (tertiary/aromatic N) is 3. The molecule has 0 aliphatic rings. The molecule has 0 spiro atoms. The Labute approximate surface area is 327 Å². The minimum absolute atomic E-state index is 0.00106. The van der Waals surface area contributed by atoms with E-state index in [1.54, 1.807) is 12.1 Å². The molecule has 5 atom stereocenters. The summed E-state index contributed by atoms with van der Waals surface area (Å²) in [4.78, 5) is 35.2. The molecule has 0 saturated carbocycles. The van der Waals surface area contributed by atoms with Crippen molar-refractivity contribution in [2.24, 2.45) is 5.92 Å². The van der Waals surface area contributed by atoms with Gasteiger partial charge >= 0.3 is 6.09 Å². The van der Waals surface area contributed by atoms with Crippen LogP contribution in [0.4, 0.5) is 16.4 Å². The third-order valence-electron chi connectivity index (χ3n) is 9.13. The summed E-state index contributed by atoms with van der Waals surface area (Å²) in [6.45, 7) is 5.88. The molecule has 3 aromatic rings. The molecule has 17 heteroatoms. The Balaban J connectivity index is 1.50. The number of nitrogens with one attached hydrogen (secondary N) is 3. The van der Waals surface area contributed by atoms with Crippen LogP contribution in [0.1, 0.15) is 59.8 Å². The third-order valence-corrected chi connectivity index (χ3v) is 9.41. The number of carbonyl (C=O) groups is 2. The molecule has 0 fully saturated rings. The number of halogens is 1. The van der Waals surface area contributed by atoms with Gasteiger partial charge in [0.2, 0.25) is 0 Å². The molecule has 0 radical (unpaired) electrons. The predicted molar refractivity (Wildman–Crippen MR) is 210 cm³/mol. The summed E-state index contributed by atoms with van der Waals surface area (Å²) < 4.78 is 5.45. The largest absolute Gasteiger partial charge is 0.412 e. The van der Waals surface area contributed by atoms with Crippen LogP contribution < -0.4 is 32.2 Å². The van der Waals surface area contributed by atoms with Gasteiger partial charge in [-0.25, -0.2) is 14.8 Å². The van der Waals surface area contributed by atoms with Crippen molar-refractivity contribution in [3.8, 4) is 5.75 Å². The second kappa shape index (κ2) is 23.7. The topological polar surface area (TPSA) is 262 Å². The Kier molecular flexibility index (Phi) is 19.5. The lowest BCUT2D eigenvalue weighted by atomic mass is 9.95. The number of aromatic nitrogens is 2. The zero-order valence-electron chi connectivity index (χ0n) is 31.5. The standard InChI is InChI=1S/C38H57ClN8O8/c1-3-4-5-8-16-47(22-29(49)32(51)33(52)30(50)23-48)17-15-43-38(54)55-28-13-11-25(12-14-28)19-42-20-26(18-27-10-7-6-9-24(27)2)21-44-37(53)31-35(40)46-36(41)34(39)45-31/h6-7,9-14,26,29-30,32-33,42,48-52H,3-5,8,15-23H2,1-2H3,(H,43,54)(H,44,53)(H4,40,41,46)/t26?,29-,30+,32+,33+/m0/s1. The summed E-state index contributed by atoms with van der Waals surface area (Å²) in [5.41, 5.74) is 14.7. The number of anilines is 2. The maximum atomic E-state index is 12.9. The van der Waals surface area contributed by atoms with Gasteiger partial charge in [0.15, 0.2) is 22.5 Å². The smallest absolute Gasteiger partial charge is 0.410 e. The number of nitrogens with two attached hydrogens (primary N) is 2. The summed E-state index contributed by atoms with van der Waals surface area (Å²) in [5, 5.41) is 58.4. The molecule has 0 saturated heterocycles. The van der Waals surface area contributed by atoms with E-state index in [0.717, 1.165) is 42.4 Å². The van der Waals surface area contributed by atoms with E-state index >= 15 is 0 Å². The van der Waals surface area contributed by atoms with Crippen LogP contribution in [0.3, 0.4) is 0 Å². The number of nitrogen functional groups attached to an aromatic ring is 2. The minimum Gasteiger partial charge on any atom is -0.410 e. The monoisotopic (exact) mass is 788 g/mol. The molecular formula is C38H57ClN8O8. The Hall–Kier alpha value is -4.13. The molecule has 55 heavy (non-hydrogen) atoms. The lowest BCUT2D eigenvalue weighted by Crippen LogP contribution is -2.50. The van der Waals surface area contributed by atoms with Crippen LogP contribution in [0.5, 0.6) is 5.75 Å². The molecule has 12 N–H and O–H groups in total. The van der Waals surface area contributed by atoms with Crippen molar-refractivity contribution in [2.75, 3.05) is 57.3 Å². The Morgan fingerprint density at radius 3 is 2.29 bits per heavy atom. The first-order valence-electron chi connectivity index (χ1n) is 18.5. The Bertz CT molecular complexity index is 1620. The number of carbonyl (C=O) groups excluding carboxylic acids is 2. The normalized spacial score (nSPS) is 14.2. The number of unbranched alkanes of at least 4 members (excludes halogenated alkanes) is 3. The van der Waals surface area contributed by atoms with E-state index in [9.17, 15) is 30.0 Å². The predicted octanol–water partition coefficient (Wildman–Crippen LogP) is 1.39. The van der Waals surface area contributed by atoms with Crippen LogP contribution in [0.2, 0.25) is 5.15 Å². The quantitative estimate of drug-likeness (QED) is 0.0576. The fraction of sp³-hybridized carbons (Fsp3) is 0.526. The van der Waals surface area contributed by atoms with Crippen molar-refractivity contribution >= 4 is 35.2 Å². The summed E-state index contributed by atoms with van der Waals surface area (Å²) in [5.74, 6) is -0.325. The Morgan fingerprint density at radius 1 is 0.891 bits per heavy atom. The van der Waals surface area contributed by atoms with Crippen molar-refractivity contribution in [1.29, 1.82) is 0 Å². The van der Waals surface area contributed by atoms with Gasteiger partial charge in [0.05, 0.1) is 12.7 Å². The highest BCUT2D eigenvalue weighted by molar-refractivity contribution is 6.31.